The van der Waals surface area contributed by atoms with Gasteiger partial charge in [-0.1, -0.05) is 13.3 Å². The van der Waals surface area contributed by atoms with E-state index in [2.05, 4.69) is 17.1 Å². The van der Waals surface area contributed by atoms with E-state index in [1.54, 1.807) is 4.31 Å². The number of likely N-dealkylation sites (N-methyl/N-ethyl adjacent to an activating group) is 1. The van der Waals surface area contributed by atoms with Crippen molar-refractivity contribution in [3.05, 3.63) is 45.8 Å². The van der Waals surface area contributed by atoms with Gasteiger partial charge in [-0.05, 0) is 62.6 Å². The highest BCUT2D eigenvalue weighted by Gasteiger charge is 2.32. The van der Waals surface area contributed by atoms with Gasteiger partial charge in [0, 0.05) is 36.1 Å². The van der Waals surface area contributed by atoms with Crippen LogP contribution in [-0.2, 0) is 27.7 Å². The number of carbonyl (C=O) groups excluding carboxylic acids is 2. The fraction of sp³-hybridized carbons (Fsp3) is 0.500. The van der Waals surface area contributed by atoms with E-state index in [4.69, 9.17) is 4.74 Å². The van der Waals surface area contributed by atoms with Crippen LogP contribution in [-0.4, -0.2) is 62.3 Å². The van der Waals surface area contributed by atoms with E-state index < -0.39 is 21.9 Å². The number of esters is 1. The topological polar surface area (TPSA) is 96.0 Å². The second-order valence-electron chi connectivity index (χ2n) is 8.76. The molecule has 34 heavy (non-hydrogen) atoms. The number of benzene rings is 1. The summed E-state index contributed by atoms with van der Waals surface area (Å²) in [6.07, 6.45) is 3.46. The standard InChI is InChI=1S/C24H31N3O5S2/c1-4-26-14-12-19-20(15-26)33-23(21(19)24(29)32-3)25-22(28)17-8-10-18(11-9-17)34(30,31)27-13-6-5-7-16(27)2/h8-11,16H,4-7,12-15H2,1-3H3,(H,25,28)/t16-/m0/s1. The average Bonchev–Trinajstić information content (AvgIpc) is 3.20. The van der Waals surface area contributed by atoms with Gasteiger partial charge >= 0.3 is 5.97 Å². The van der Waals surface area contributed by atoms with Gasteiger partial charge < -0.3 is 10.1 Å². The van der Waals surface area contributed by atoms with Gasteiger partial charge in [-0.2, -0.15) is 4.31 Å². The molecule has 2 aromatic rings. The quantitative estimate of drug-likeness (QED) is 0.601. The van der Waals surface area contributed by atoms with Crippen LogP contribution in [0.4, 0.5) is 5.00 Å². The number of methoxy groups -OCH3 is 1. The lowest BCUT2D eigenvalue weighted by Crippen LogP contribution is -2.41. The molecule has 0 bridgehead atoms. The molecular formula is C24H31N3O5S2. The molecule has 1 saturated heterocycles. The van der Waals surface area contributed by atoms with Crippen molar-refractivity contribution in [2.75, 3.05) is 32.1 Å². The normalized spacial score (nSPS) is 19.4. The molecule has 0 unspecified atom stereocenters. The molecule has 184 valence electrons. The number of nitrogens with zero attached hydrogens (tertiary/aromatic N) is 2. The van der Waals surface area contributed by atoms with Crippen molar-refractivity contribution in [3.8, 4) is 0 Å². The second-order valence-corrected chi connectivity index (χ2v) is 11.8. The molecule has 0 spiro atoms. The Morgan fingerprint density at radius 1 is 1.18 bits per heavy atom. The van der Waals surface area contributed by atoms with Crippen LogP contribution >= 0.6 is 11.3 Å². The average molecular weight is 506 g/mol. The van der Waals surface area contributed by atoms with Gasteiger partial charge in [0.05, 0.1) is 17.6 Å². The molecule has 0 aliphatic carbocycles. The summed E-state index contributed by atoms with van der Waals surface area (Å²) in [6.45, 7) is 7.04. The number of hydrogen-bond donors (Lipinski definition) is 1. The lowest BCUT2D eigenvalue weighted by Gasteiger charge is -2.32. The minimum atomic E-state index is -3.61. The van der Waals surface area contributed by atoms with E-state index in [0.29, 0.717) is 22.7 Å². The van der Waals surface area contributed by atoms with Crippen molar-refractivity contribution in [1.29, 1.82) is 0 Å². The number of rotatable bonds is 6. The monoisotopic (exact) mass is 505 g/mol. The highest BCUT2D eigenvalue weighted by atomic mass is 32.2. The van der Waals surface area contributed by atoms with Crippen molar-refractivity contribution in [1.82, 2.24) is 9.21 Å². The molecule has 1 atom stereocenters. The number of sulfonamides is 1. The van der Waals surface area contributed by atoms with E-state index in [-0.39, 0.29) is 10.9 Å². The fourth-order valence-corrected chi connectivity index (χ4v) is 7.62. The van der Waals surface area contributed by atoms with Gasteiger partial charge in [-0.3, -0.25) is 9.69 Å². The lowest BCUT2D eigenvalue weighted by molar-refractivity contribution is 0.0600. The summed E-state index contributed by atoms with van der Waals surface area (Å²) >= 11 is 1.40. The fourth-order valence-electron chi connectivity index (χ4n) is 4.65. The molecule has 8 nitrogen and oxygen atoms in total. The number of anilines is 1. The van der Waals surface area contributed by atoms with Gasteiger partial charge in [-0.15, -0.1) is 11.3 Å². The first-order chi connectivity index (χ1) is 16.3. The van der Waals surface area contributed by atoms with Crippen LogP contribution in [0.3, 0.4) is 0 Å². The van der Waals surface area contributed by atoms with E-state index in [0.717, 1.165) is 55.8 Å². The number of thiophene rings is 1. The van der Waals surface area contributed by atoms with Gasteiger partial charge in [0.2, 0.25) is 10.0 Å². The first kappa shape index (κ1) is 24.8. The first-order valence-electron chi connectivity index (χ1n) is 11.6. The zero-order valence-corrected chi connectivity index (χ0v) is 21.4. The summed E-state index contributed by atoms with van der Waals surface area (Å²) < 4.78 is 32.7. The summed E-state index contributed by atoms with van der Waals surface area (Å²) in [5.74, 6) is -0.860. The Hall–Kier alpha value is -2.27. The summed E-state index contributed by atoms with van der Waals surface area (Å²) in [7, 11) is -2.27. The molecule has 10 heteroatoms. The molecule has 1 aromatic carbocycles. The molecule has 4 rings (SSSR count). The van der Waals surface area contributed by atoms with Gasteiger partial charge in [0.1, 0.15) is 5.00 Å². The van der Waals surface area contributed by atoms with E-state index in [1.807, 2.05) is 6.92 Å². The second kappa shape index (κ2) is 10.2. The Labute approximate surface area is 204 Å². The SMILES string of the molecule is CCN1CCc2c(sc(NC(=O)c3ccc(S(=O)(=O)N4CCCC[C@@H]4C)cc3)c2C(=O)OC)C1. The van der Waals surface area contributed by atoms with Crippen molar-refractivity contribution >= 4 is 38.2 Å². The molecule has 2 aliphatic heterocycles. The van der Waals surface area contributed by atoms with Crippen LogP contribution in [0.5, 0.6) is 0 Å². The Morgan fingerprint density at radius 3 is 2.56 bits per heavy atom. The summed E-state index contributed by atoms with van der Waals surface area (Å²) in [5.41, 5.74) is 1.68. The van der Waals surface area contributed by atoms with Crippen LogP contribution in [0.25, 0.3) is 0 Å². The highest BCUT2D eigenvalue weighted by molar-refractivity contribution is 7.89. The largest absolute Gasteiger partial charge is 0.465 e. The Balaban J connectivity index is 1.55. The summed E-state index contributed by atoms with van der Waals surface area (Å²) in [4.78, 5) is 29.0. The zero-order valence-electron chi connectivity index (χ0n) is 19.8. The molecule has 1 aromatic heterocycles. The number of fused-ring (bicyclic) bond motifs is 1. The van der Waals surface area contributed by atoms with Crippen molar-refractivity contribution < 1.29 is 22.7 Å². The van der Waals surface area contributed by atoms with E-state index >= 15 is 0 Å². The van der Waals surface area contributed by atoms with Gasteiger partial charge in [-0.25, -0.2) is 13.2 Å². The number of piperidine rings is 1. The van der Waals surface area contributed by atoms with Gasteiger partial charge in [0.15, 0.2) is 0 Å². The molecule has 1 N–H and O–H groups in total. The number of nitrogens with one attached hydrogen (secondary N) is 1. The minimum absolute atomic E-state index is 0.0352. The Kier molecular flexibility index (Phi) is 7.42. The predicted octanol–water partition coefficient (Wildman–Crippen LogP) is 3.73. The number of hydrogen-bond acceptors (Lipinski definition) is 7. The number of amides is 1. The van der Waals surface area contributed by atoms with Crippen molar-refractivity contribution in [2.24, 2.45) is 0 Å². The highest BCUT2D eigenvalue weighted by Crippen LogP contribution is 2.38. The molecular weight excluding hydrogens is 474 g/mol. The summed E-state index contributed by atoms with van der Waals surface area (Å²) in [6, 6.07) is 5.95. The first-order valence-corrected chi connectivity index (χ1v) is 13.9. The van der Waals surface area contributed by atoms with E-state index in [9.17, 15) is 18.0 Å². The predicted molar refractivity (Wildman–Crippen MR) is 132 cm³/mol. The van der Waals surface area contributed by atoms with E-state index in [1.165, 1.54) is 42.7 Å². The van der Waals surface area contributed by atoms with Crippen LogP contribution in [0.15, 0.2) is 29.2 Å². The lowest BCUT2D eigenvalue weighted by atomic mass is 10.0. The number of ether oxygens (including phenoxy) is 1. The summed E-state index contributed by atoms with van der Waals surface area (Å²) in [5, 5.41) is 3.33. The van der Waals surface area contributed by atoms with Crippen molar-refractivity contribution in [3.63, 3.8) is 0 Å². The maximum atomic E-state index is 13.1. The third kappa shape index (κ3) is 4.77. The van der Waals surface area contributed by atoms with Crippen LogP contribution in [0.2, 0.25) is 0 Å². The van der Waals surface area contributed by atoms with Gasteiger partial charge in [0.25, 0.3) is 5.91 Å². The zero-order chi connectivity index (χ0) is 24.5. The molecule has 1 amide bonds. The molecule has 1 fully saturated rings. The molecule has 0 radical (unpaired) electrons. The third-order valence-electron chi connectivity index (χ3n) is 6.66. The Morgan fingerprint density at radius 2 is 1.91 bits per heavy atom. The van der Waals surface area contributed by atoms with Crippen LogP contribution in [0, 0.1) is 0 Å². The number of carbonyl (C=O) groups is 2. The van der Waals surface area contributed by atoms with Crippen LogP contribution < -0.4 is 5.32 Å². The minimum Gasteiger partial charge on any atom is -0.465 e. The maximum absolute atomic E-state index is 13.1. The third-order valence-corrected chi connectivity index (χ3v) is 9.82. The molecule has 3 heterocycles. The molecule has 2 aliphatic rings. The Bertz CT molecular complexity index is 1170. The van der Waals surface area contributed by atoms with Crippen molar-refractivity contribution in [2.45, 2.75) is 57.0 Å². The smallest absolute Gasteiger partial charge is 0.341 e. The molecule has 0 saturated carbocycles. The maximum Gasteiger partial charge on any atom is 0.341 e. The van der Waals surface area contributed by atoms with Crippen LogP contribution in [0.1, 0.15) is 64.3 Å².